The van der Waals surface area contributed by atoms with Crippen molar-refractivity contribution in [2.24, 2.45) is 0 Å². The molecule has 0 aliphatic heterocycles. The normalized spacial score (nSPS) is 12.4. The highest BCUT2D eigenvalue weighted by atomic mass is 16.5. The average Bonchev–Trinajstić information content (AvgIpc) is 3.11. The Balaban J connectivity index is 1.76. The van der Waals surface area contributed by atoms with E-state index in [1.54, 1.807) is 13.2 Å². The summed E-state index contributed by atoms with van der Waals surface area (Å²) >= 11 is 0. The predicted octanol–water partition coefficient (Wildman–Crippen LogP) is 3.55. The molecule has 0 aliphatic rings. The van der Waals surface area contributed by atoms with Crippen molar-refractivity contribution in [2.75, 3.05) is 13.7 Å². The Morgan fingerprint density at radius 2 is 2.08 bits per heavy atom. The molecule has 25 heavy (non-hydrogen) atoms. The maximum Gasteiger partial charge on any atom is 0.287 e. The first-order valence-corrected chi connectivity index (χ1v) is 8.28. The van der Waals surface area contributed by atoms with E-state index in [4.69, 9.17) is 9.15 Å². The molecule has 0 saturated heterocycles. The summed E-state index contributed by atoms with van der Waals surface area (Å²) in [5.74, 6) is 0.816. The first-order valence-electron chi connectivity index (χ1n) is 8.28. The van der Waals surface area contributed by atoms with E-state index in [1.165, 1.54) is 0 Å². The van der Waals surface area contributed by atoms with Gasteiger partial charge in [-0.2, -0.15) is 5.10 Å². The van der Waals surface area contributed by atoms with Crippen LogP contribution in [0.15, 0.2) is 28.7 Å². The van der Waals surface area contributed by atoms with Crippen molar-refractivity contribution in [3.8, 4) is 5.75 Å². The fraction of sp³-hybridized carbons (Fsp3) is 0.368. The van der Waals surface area contributed by atoms with Crippen LogP contribution in [-0.4, -0.2) is 29.3 Å². The lowest BCUT2D eigenvalue weighted by molar-refractivity contribution is 0.0921. The lowest BCUT2D eigenvalue weighted by atomic mass is 10.1. The molecule has 1 amide bonds. The molecule has 3 aromatic rings. The van der Waals surface area contributed by atoms with Crippen molar-refractivity contribution < 1.29 is 13.9 Å². The highest BCUT2D eigenvalue weighted by molar-refractivity contribution is 5.99. The molecule has 0 bridgehead atoms. The van der Waals surface area contributed by atoms with Gasteiger partial charge >= 0.3 is 0 Å². The maximum atomic E-state index is 12.5. The number of carbonyl (C=O) groups is 1. The third-order valence-electron chi connectivity index (χ3n) is 4.37. The van der Waals surface area contributed by atoms with Gasteiger partial charge in [-0.25, -0.2) is 0 Å². The smallest absolute Gasteiger partial charge is 0.287 e. The number of fused-ring (bicyclic) bond motifs is 1. The van der Waals surface area contributed by atoms with Gasteiger partial charge in [0.1, 0.15) is 11.3 Å². The minimum absolute atomic E-state index is 0.0578. The molecule has 0 unspecified atom stereocenters. The SMILES string of the molecule is COc1ccc2c(C)c(C(=O)NC[C@@H](C)n3nc(C)cc3C)oc2c1. The highest BCUT2D eigenvalue weighted by Gasteiger charge is 2.19. The van der Waals surface area contributed by atoms with Crippen LogP contribution in [0.4, 0.5) is 0 Å². The fourth-order valence-electron chi connectivity index (χ4n) is 3.05. The molecule has 2 heterocycles. The third-order valence-corrected chi connectivity index (χ3v) is 4.37. The summed E-state index contributed by atoms with van der Waals surface area (Å²) in [7, 11) is 1.60. The molecule has 6 heteroatoms. The van der Waals surface area contributed by atoms with E-state index in [2.05, 4.69) is 10.4 Å². The molecule has 0 aliphatic carbocycles. The molecule has 6 nitrogen and oxygen atoms in total. The molecule has 132 valence electrons. The molecule has 0 saturated carbocycles. The zero-order valence-electron chi connectivity index (χ0n) is 15.2. The van der Waals surface area contributed by atoms with Crippen LogP contribution in [0.25, 0.3) is 11.0 Å². The molecule has 1 atom stereocenters. The summed E-state index contributed by atoms with van der Waals surface area (Å²) in [5, 5.41) is 8.31. The zero-order valence-corrected chi connectivity index (χ0v) is 15.2. The van der Waals surface area contributed by atoms with Gasteiger partial charge in [0.25, 0.3) is 5.91 Å². The summed E-state index contributed by atoms with van der Waals surface area (Å²) in [6, 6.07) is 7.63. The third kappa shape index (κ3) is 3.24. The van der Waals surface area contributed by atoms with Gasteiger partial charge < -0.3 is 14.5 Å². The second-order valence-corrected chi connectivity index (χ2v) is 6.35. The van der Waals surface area contributed by atoms with Crippen LogP contribution in [0.1, 0.15) is 40.5 Å². The Labute approximate surface area is 146 Å². The second kappa shape index (κ2) is 6.63. The number of hydrogen-bond donors (Lipinski definition) is 1. The average molecular weight is 341 g/mol. The number of nitrogens with zero attached hydrogens (tertiary/aromatic N) is 2. The fourth-order valence-corrected chi connectivity index (χ4v) is 3.05. The molecule has 3 rings (SSSR count). The lowest BCUT2D eigenvalue weighted by Crippen LogP contribution is -2.30. The Kier molecular flexibility index (Phi) is 4.53. The lowest BCUT2D eigenvalue weighted by Gasteiger charge is -2.14. The monoisotopic (exact) mass is 341 g/mol. The summed E-state index contributed by atoms with van der Waals surface area (Å²) in [6.07, 6.45) is 0. The number of carbonyl (C=O) groups excluding carboxylic acids is 1. The van der Waals surface area contributed by atoms with Crippen LogP contribution >= 0.6 is 0 Å². The van der Waals surface area contributed by atoms with Crippen molar-refractivity contribution in [2.45, 2.75) is 33.7 Å². The van der Waals surface area contributed by atoms with E-state index in [0.29, 0.717) is 23.6 Å². The predicted molar refractivity (Wildman–Crippen MR) is 96.2 cm³/mol. The van der Waals surface area contributed by atoms with Crippen LogP contribution in [0.5, 0.6) is 5.75 Å². The summed E-state index contributed by atoms with van der Waals surface area (Å²) in [4.78, 5) is 12.5. The van der Waals surface area contributed by atoms with Crippen molar-refractivity contribution in [1.29, 1.82) is 0 Å². The first kappa shape index (κ1) is 17.1. The molecule has 1 N–H and O–H groups in total. The van der Waals surface area contributed by atoms with E-state index < -0.39 is 0 Å². The number of methoxy groups -OCH3 is 1. The van der Waals surface area contributed by atoms with Crippen molar-refractivity contribution in [3.63, 3.8) is 0 Å². The van der Waals surface area contributed by atoms with Crippen LogP contribution in [0.2, 0.25) is 0 Å². The Hall–Kier alpha value is -2.76. The minimum Gasteiger partial charge on any atom is -0.497 e. The number of furan rings is 1. The van der Waals surface area contributed by atoms with E-state index >= 15 is 0 Å². The number of nitrogens with one attached hydrogen (secondary N) is 1. The number of aryl methyl sites for hydroxylation is 3. The Morgan fingerprint density at radius 3 is 2.72 bits per heavy atom. The van der Waals surface area contributed by atoms with Gasteiger partial charge in [0.2, 0.25) is 0 Å². The number of aromatic nitrogens is 2. The van der Waals surface area contributed by atoms with Crippen LogP contribution < -0.4 is 10.1 Å². The summed E-state index contributed by atoms with van der Waals surface area (Å²) < 4.78 is 12.9. The molecule has 0 radical (unpaired) electrons. The van der Waals surface area contributed by atoms with Crippen molar-refractivity contribution in [1.82, 2.24) is 15.1 Å². The van der Waals surface area contributed by atoms with Crippen molar-refractivity contribution >= 4 is 16.9 Å². The topological polar surface area (TPSA) is 69.3 Å². The molecule has 1 aromatic carbocycles. The van der Waals surface area contributed by atoms with Crippen LogP contribution in [0, 0.1) is 20.8 Å². The van der Waals surface area contributed by atoms with Gasteiger partial charge in [-0.1, -0.05) is 0 Å². The van der Waals surface area contributed by atoms with Gasteiger partial charge in [-0.05, 0) is 45.9 Å². The number of rotatable bonds is 5. The molecular weight excluding hydrogens is 318 g/mol. The summed E-state index contributed by atoms with van der Waals surface area (Å²) in [6.45, 7) is 8.35. The maximum absolute atomic E-state index is 12.5. The Bertz CT molecular complexity index is 924. The summed E-state index contributed by atoms with van der Waals surface area (Å²) in [5.41, 5.74) is 3.52. The van der Waals surface area contributed by atoms with E-state index in [-0.39, 0.29) is 11.9 Å². The largest absolute Gasteiger partial charge is 0.497 e. The van der Waals surface area contributed by atoms with Gasteiger partial charge in [-0.15, -0.1) is 0 Å². The molecule has 0 fully saturated rings. The van der Waals surface area contributed by atoms with E-state index in [9.17, 15) is 4.79 Å². The number of ether oxygens (including phenoxy) is 1. The minimum atomic E-state index is -0.221. The molecule has 2 aromatic heterocycles. The van der Waals surface area contributed by atoms with Crippen molar-refractivity contribution in [3.05, 3.63) is 47.0 Å². The van der Waals surface area contributed by atoms with E-state index in [0.717, 1.165) is 22.3 Å². The van der Waals surface area contributed by atoms with Crippen LogP contribution in [-0.2, 0) is 0 Å². The molecular formula is C19H23N3O3. The second-order valence-electron chi connectivity index (χ2n) is 6.35. The first-order chi connectivity index (χ1) is 11.9. The van der Waals surface area contributed by atoms with Gasteiger partial charge in [0, 0.05) is 29.3 Å². The molecule has 0 spiro atoms. The number of benzene rings is 1. The van der Waals surface area contributed by atoms with E-state index in [1.807, 2.05) is 50.6 Å². The quantitative estimate of drug-likeness (QED) is 0.770. The Morgan fingerprint density at radius 1 is 1.32 bits per heavy atom. The van der Waals surface area contributed by atoms with Gasteiger partial charge in [-0.3, -0.25) is 9.48 Å². The van der Waals surface area contributed by atoms with Gasteiger partial charge in [0.15, 0.2) is 5.76 Å². The number of hydrogen-bond acceptors (Lipinski definition) is 4. The van der Waals surface area contributed by atoms with Gasteiger partial charge in [0.05, 0.1) is 18.8 Å². The highest BCUT2D eigenvalue weighted by Crippen LogP contribution is 2.28. The zero-order chi connectivity index (χ0) is 18.1. The standard InChI is InChI=1S/C19H23N3O3/c1-11-8-12(2)22(21-11)13(3)10-20-19(23)18-14(4)16-7-6-15(24-5)9-17(16)25-18/h6-9,13H,10H2,1-5H3,(H,20,23)/t13-/m1/s1. The number of amides is 1. The van der Waals surface area contributed by atoms with Crippen LogP contribution in [0.3, 0.4) is 0 Å².